The van der Waals surface area contributed by atoms with Crippen LogP contribution in [0.1, 0.15) is 24.5 Å². The summed E-state index contributed by atoms with van der Waals surface area (Å²) < 4.78 is 78.7. The second-order valence-corrected chi connectivity index (χ2v) is 8.11. The lowest BCUT2D eigenvalue weighted by Gasteiger charge is -2.12. The lowest BCUT2D eigenvalue weighted by atomic mass is 9.96. The van der Waals surface area contributed by atoms with E-state index in [9.17, 15) is 17.6 Å². The van der Waals surface area contributed by atoms with Gasteiger partial charge in [-0.2, -0.15) is 8.78 Å². The quantitative estimate of drug-likeness (QED) is 0.223. The van der Waals surface area contributed by atoms with Crippen molar-refractivity contribution in [1.82, 2.24) is 0 Å². The van der Waals surface area contributed by atoms with Gasteiger partial charge in [0, 0.05) is 17.5 Å². The molecule has 2 nitrogen and oxygen atoms in total. The number of aryl methyl sites for hydroxylation is 2. The highest BCUT2D eigenvalue weighted by Crippen LogP contribution is 2.33. The van der Waals surface area contributed by atoms with Crippen LogP contribution >= 0.6 is 0 Å². The van der Waals surface area contributed by atoms with E-state index >= 15 is 4.39 Å². The normalized spacial score (nSPS) is 11.3. The van der Waals surface area contributed by atoms with Crippen LogP contribution in [-0.4, -0.2) is 13.2 Å². The van der Waals surface area contributed by atoms with Crippen molar-refractivity contribution >= 4 is 10.8 Å². The maximum atomic E-state index is 15.2. The smallest absolute Gasteiger partial charge is 0.387 e. The molecule has 0 aliphatic rings. The lowest BCUT2D eigenvalue weighted by molar-refractivity contribution is -0.0498. The molecule has 0 N–H and O–H groups in total. The van der Waals surface area contributed by atoms with Crippen LogP contribution in [0.3, 0.4) is 0 Å². The van der Waals surface area contributed by atoms with Gasteiger partial charge in [-0.3, -0.25) is 0 Å². The average molecular weight is 486 g/mol. The molecule has 0 bridgehead atoms. The molecule has 4 rings (SSSR count). The van der Waals surface area contributed by atoms with E-state index in [1.54, 1.807) is 30.3 Å². The Bertz CT molecular complexity index is 1300. The fourth-order valence-electron chi connectivity index (χ4n) is 3.93. The maximum absolute atomic E-state index is 15.2. The summed E-state index contributed by atoms with van der Waals surface area (Å²) in [5.74, 6) is -1.73. The minimum absolute atomic E-state index is 0.0624. The van der Waals surface area contributed by atoms with Gasteiger partial charge in [0.15, 0.2) is 0 Å². The summed E-state index contributed by atoms with van der Waals surface area (Å²) in [6.07, 6.45) is 1.60. The number of hydrogen-bond donors (Lipinski definition) is 0. The molecule has 0 aromatic heterocycles. The molecule has 0 aliphatic heterocycles. The minimum Gasteiger partial charge on any atom is -0.493 e. The average Bonchev–Trinajstić information content (AvgIpc) is 2.82. The number of fused-ring (bicyclic) bond motifs is 1. The van der Waals surface area contributed by atoms with Gasteiger partial charge in [-0.25, -0.2) is 13.2 Å². The molecule has 7 heteroatoms. The van der Waals surface area contributed by atoms with Crippen molar-refractivity contribution < 1.29 is 31.4 Å². The molecule has 35 heavy (non-hydrogen) atoms. The second-order valence-electron chi connectivity index (χ2n) is 8.11. The summed E-state index contributed by atoms with van der Waals surface area (Å²) in [5, 5.41) is 0.859. The van der Waals surface area contributed by atoms with Crippen LogP contribution in [0.15, 0.2) is 66.7 Å². The van der Waals surface area contributed by atoms with E-state index < -0.39 is 24.1 Å². The highest BCUT2D eigenvalue weighted by molar-refractivity contribution is 5.88. The highest BCUT2D eigenvalue weighted by Gasteiger charge is 2.16. The molecule has 182 valence electrons. The van der Waals surface area contributed by atoms with E-state index in [1.807, 2.05) is 6.92 Å². The van der Waals surface area contributed by atoms with Gasteiger partial charge < -0.3 is 9.47 Å². The van der Waals surface area contributed by atoms with E-state index in [4.69, 9.17) is 4.74 Å². The second kappa shape index (κ2) is 10.8. The Labute approximate surface area is 199 Å². The van der Waals surface area contributed by atoms with Crippen LogP contribution in [0.5, 0.6) is 11.5 Å². The predicted molar refractivity (Wildman–Crippen MR) is 126 cm³/mol. The van der Waals surface area contributed by atoms with Crippen LogP contribution < -0.4 is 9.47 Å². The van der Waals surface area contributed by atoms with Crippen LogP contribution in [0.2, 0.25) is 0 Å². The first kappa shape index (κ1) is 24.5. The largest absolute Gasteiger partial charge is 0.493 e. The van der Waals surface area contributed by atoms with Crippen LogP contribution in [-0.2, 0) is 12.8 Å². The topological polar surface area (TPSA) is 18.5 Å². The summed E-state index contributed by atoms with van der Waals surface area (Å²) in [5.41, 5.74) is 1.43. The zero-order valence-electron chi connectivity index (χ0n) is 19.0. The minimum atomic E-state index is -2.89. The Morgan fingerprint density at radius 1 is 0.771 bits per heavy atom. The molecule has 0 atom stereocenters. The van der Waals surface area contributed by atoms with Crippen LogP contribution in [0.25, 0.3) is 21.9 Å². The zero-order valence-corrected chi connectivity index (χ0v) is 19.0. The third-order valence-electron chi connectivity index (χ3n) is 5.64. The van der Waals surface area contributed by atoms with Gasteiger partial charge >= 0.3 is 6.61 Å². The third-order valence-corrected chi connectivity index (χ3v) is 5.64. The first-order valence-corrected chi connectivity index (χ1v) is 11.2. The van der Waals surface area contributed by atoms with Gasteiger partial charge in [-0.15, -0.1) is 0 Å². The Hall–Kier alpha value is -3.61. The number of benzene rings is 4. The Morgan fingerprint density at radius 2 is 1.49 bits per heavy atom. The van der Waals surface area contributed by atoms with Crippen molar-refractivity contribution in [2.45, 2.75) is 32.8 Å². The molecule has 4 aromatic carbocycles. The molecule has 0 heterocycles. The van der Waals surface area contributed by atoms with Crippen LogP contribution in [0, 0.1) is 17.5 Å². The predicted octanol–water partition coefficient (Wildman–Crippen LogP) is 8.10. The summed E-state index contributed by atoms with van der Waals surface area (Å²) in [6.45, 7) is -0.638. The van der Waals surface area contributed by atoms with Gasteiger partial charge in [0.1, 0.15) is 29.0 Å². The molecule has 0 saturated heterocycles. The molecule has 0 unspecified atom stereocenters. The molecule has 0 saturated carbocycles. The summed E-state index contributed by atoms with van der Waals surface area (Å²) >= 11 is 0. The van der Waals surface area contributed by atoms with E-state index in [0.717, 1.165) is 17.7 Å². The zero-order chi connectivity index (χ0) is 24.9. The lowest BCUT2D eigenvalue weighted by Crippen LogP contribution is -2.02. The van der Waals surface area contributed by atoms with Crippen molar-refractivity contribution in [2.24, 2.45) is 0 Å². The number of rotatable bonds is 9. The van der Waals surface area contributed by atoms with E-state index in [0.29, 0.717) is 47.8 Å². The van der Waals surface area contributed by atoms with Gasteiger partial charge in [0.05, 0.1) is 12.2 Å². The summed E-state index contributed by atoms with van der Waals surface area (Å²) in [6, 6.07) is 16.4. The first-order valence-electron chi connectivity index (χ1n) is 11.2. The molecular formula is C28H23F5O2. The number of ether oxygens (including phenoxy) is 2. The number of halogens is 5. The van der Waals surface area contributed by atoms with E-state index in [1.165, 1.54) is 24.3 Å². The van der Waals surface area contributed by atoms with Gasteiger partial charge in [0.2, 0.25) is 0 Å². The third kappa shape index (κ3) is 5.73. The fourth-order valence-corrected chi connectivity index (χ4v) is 3.93. The van der Waals surface area contributed by atoms with Crippen molar-refractivity contribution in [2.75, 3.05) is 6.61 Å². The standard InChI is InChI=1S/C28H23F5O2/c1-2-13-34-22-15-24(29)26(25(30)16-22)20-9-12-23-19(14-20)8-7-18(27(23)31)6-3-17-4-10-21(11-5-17)35-28(32)33/h4-5,7-12,14-16,28H,2-3,6,13H2,1H3. The first-order chi connectivity index (χ1) is 16.9. The molecule has 0 spiro atoms. The Kier molecular flexibility index (Phi) is 7.54. The van der Waals surface area contributed by atoms with E-state index in [2.05, 4.69) is 4.74 Å². The Morgan fingerprint density at radius 3 is 2.14 bits per heavy atom. The molecule has 0 amide bonds. The molecular weight excluding hydrogens is 463 g/mol. The van der Waals surface area contributed by atoms with Crippen LogP contribution in [0.4, 0.5) is 22.0 Å². The summed E-state index contributed by atoms with van der Waals surface area (Å²) in [7, 11) is 0. The highest BCUT2D eigenvalue weighted by atomic mass is 19.3. The number of alkyl halides is 2. The van der Waals surface area contributed by atoms with Gasteiger partial charge in [-0.05, 0) is 59.5 Å². The van der Waals surface area contributed by atoms with Crippen molar-refractivity contribution in [3.8, 4) is 22.6 Å². The van der Waals surface area contributed by atoms with Gasteiger partial charge in [0.25, 0.3) is 0 Å². The maximum Gasteiger partial charge on any atom is 0.387 e. The van der Waals surface area contributed by atoms with E-state index in [-0.39, 0.29) is 17.1 Å². The summed E-state index contributed by atoms with van der Waals surface area (Å²) in [4.78, 5) is 0. The van der Waals surface area contributed by atoms with Crippen molar-refractivity contribution in [3.63, 3.8) is 0 Å². The van der Waals surface area contributed by atoms with Crippen molar-refractivity contribution in [1.29, 1.82) is 0 Å². The van der Waals surface area contributed by atoms with Crippen molar-refractivity contribution in [3.05, 3.63) is 95.3 Å². The molecule has 0 aliphatic carbocycles. The fraction of sp³-hybridized carbons (Fsp3) is 0.214. The number of hydrogen-bond acceptors (Lipinski definition) is 2. The monoisotopic (exact) mass is 486 g/mol. The Balaban J connectivity index is 1.54. The van der Waals surface area contributed by atoms with Gasteiger partial charge in [-0.1, -0.05) is 43.3 Å². The molecule has 0 fully saturated rings. The SMILES string of the molecule is CCCOc1cc(F)c(-c2ccc3c(F)c(CCc4ccc(OC(F)F)cc4)ccc3c2)c(F)c1. The molecule has 4 aromatic rings. The molecule has 0 radical (unpaired) electrons.